The van der Waals surface area contributed by atoms with Crippen molar-refractivity contribution >= 4 is 5.97 Å². The molecule has 1 fully saturated rings. The third-order valence-corrected chi connectivity index (χ3v) is 2.81. The fourth-order valence-electron chi connectivity index (χ4n) is 1.87. The first-order chi connectivity index (χ1) is 7.15. The summed E-state index contributed by atoms with van der Waals surface area (Å²) in [5.41, 5.74) is -0.588. The Bertz CT molecular complexity index is 383. The lowest BCUT2D eigenvalue weighted by Crippen LogP contribution is -2.36. The highest BCUT2D eigenvalue weighted by atomic mass is 19.1. The van der Waals surface area contributed by atoms with Crippen molar-refractivity contribution < 1.29 is 19.0 Å². The molecule has 1 unspecified atom stereocenters. The number of halogens is 1. The van der Waals surface area contributed by atoms with Gasteiger partial charge >= 0.3 is 5.97 Å². The first-order valence-electron chi connectivity index (χ1n) is 4.72. The lowest BCUT2D eigenvalue weighted by molar-refractivity contribution is -0.143. The van der Waals surface area contributed by atoms with Crippen LogP contribution in [0.25, 0.3) is 0 Å². The molecule has 1 aliphatic heterocycles. The molecule has 1 saturated heterocycles. The van der Waals surface area contributed by atoms with Gasteiger partial charge in [-0.15, -0.1) is 0 Å². The van der Waals surface area contributed by atoms with E-state index in [1.165, 1.54) is 18.2 Å². The number of ether oxygens (including phenoxy) is 1. The Morgan fingerprint density at radius 3 is 2.87 bits per heavy atom. The summed E-state index contributed by atoms with van der Waals surface area (Å²) < 4.78 is 18.1. The largest absolute Gasteiger partial charge is 0.481 e. The second-order valence-electron chi connectivity index (χ2n) is 3.70. The van der Waals surface area contributed by atoms with Crippen LogP contribution < -0.4 is 0 Å². The number of aliphatic carboxylic acids is 1. The molecule has 0 spiro atoms. The zero-order valence-electron chi connectivity index (χ0n) is 8.07. The van der Waals surface area contributed by atoms with Gasteiger partial charge in [0.1, 0.15) is 11.2 Å². The summed E-state index contributed by atoms with van der Waals surface area (Å²) in [6, 6.07) is 5.72. The molecule has 1 aliphatic rings. The van der Waals surface area contributed by atoms with E-state index in [1.54, 1.807) is 6.07 Å². The van der Waals surface area contributed by atoms with Gasteiger partial charge in [0.2, 0.25) is 0 Å². The molecule has 15 heavy (non-hydrogen) atoms. The van der Waals surface area contributed by atoms with Crippen LogP contribution >= 0.6 is 0 Å². The van der Waals surface area contributed by atoms with Crippen molar-refractivity contribution in [2.75, 3.05) is 13.2 Å². The molecule has 0 saturated carbocycles. The first kappa shape index (κ1) is 10.1. The summed E-state index contributed by atoms with van der Waals surface area (Å²) >= 11 is 0. The van der Waals surface area contributed by atoms with Gasteiger partial charge in [0.05, 0.1) is 6.61 Å². The normalized spacial score (nSPS) is 25.4. The summed E-state index contributed by atoms with van der Waals surface area (Å²) in [6.45, 7) is 0.522. The molecule has 1 atom stereocenters. The number of benzene rings is 1. The molecule has 1 aromatic rings. The zero-order valence-corrected chi connectivity index (χ0v) is 8.07. The highest BCUT2D eigenvalue weighted by Crippen LogP contribution is 2.33. The van der Waals surface area contributed by atoms with Crippen LogP contribution in [0.1, 0.15) is 12.0 Å². The third kappa shape index (κ3) is 1.61. The third-order valence-electron chi connectivity index (χ3n) is 2.81. The average molecular weight is 210 g/mol. The first-order valence-corrected chi connectivity index (χ1v) is 4.72. The second kappa shape index (κ2) is 3.62. The van der Waals surface area contributed by atoms with Gasteiger partial charge in [-0.25, -0.2) is 4.39 Å². The number of carboxylic acids is 1. The van der Waals surface area contributed by atoms with Crippen molar-refractivity contribution in [2.24, 2.45) is 0 Å². The Morgan fingerprint density at radius 2 is 2.33 bits per heavy atom. The summed E-state index contributed by atoms with van der Waals surface area (Å²) in [6.07, 6.45) is 0.395. The molecular formula is C11H11FO3. The van der Waals surface area contributed by atoms with E-state index in [9.17, 15) is 14.3 Å². The lowest BCUT2D eigenvalue weighted by Gasteiger charge is -2.22. The molecule has 1 heterocycles. The van der Waals surface area contributed by atoms with E-state index in [2.05, 4.69) is 0 Å². The van der Waals surface area contributed by atoms with E-state index < -0.39 is 17.2 Å². The fourth-order valence-corrected chi connectivity index (χ4v) is 1.87. The predicted octanol–water partition coefficient (Wildman–Crippen LogP) is 1.57. The Labute approximate surface area is 86.5 Å². The van der Waals surface area contributed by atoms with E-state index in [4.69, 9.17) is 4.74 Å². The van der Waals surface area contributed by atoms with Gasteiger partial charge in [-0.2, -0.15) is 0 Å². The highest BCUT2D eigenvalue weighted by Gasteiger charge is 2.44. The molecule has 0 aromatic heterocycles. The molecule has 0 aliphatic carbocycles. The van der Waals surface area contributed by atoms with E-state index in [0.29, 0.717) is 18.6 Å². The van der Waals surface area contributed by atoms with Crippen LogP contribution in [0.3, 0.4) is 0 Å². The van der Waals surface area contributed by atoms with Gasteiger partial charge in [-0.1, -0.05) is 12.1 Å². The van der Waals surface area contributed by atoms with Gasteiger partial charge in [0, 0.05) is 6.61 Å². The van der Waals surface area contributed by atoms with Gasteiger partial charge in [-0.05, 0) is 24.1 Å². The Morgan fingerprint density at radius 1 is 1.53 bits per heavy atom. The number of hydrogen-bond acceptors (Lipinski definition) is 2. The standard InChI is InChI=1S/C11H11FO3/c12-9-3-1-2-8(6-9)11(10(13)14)4-5-15-7-11/h1-3,6H,4-5,7H2,(H,13,14). The summed E-state index contributed by atoms with van der Waals surface area (Å²) in [7, 11) is 0. The van der Waals surface area contributed by atoms with Crippen LogP contribution in [0, 0.1) is 5.82 Å². The van der Waals surface area contributed by atoms with E-state index in [1.807, 2.05) is 0 Å². The molecule has 1 N–H and O–H groups in total. The summed E-state index contributed by atoms with van der Waals surface area (Å²) in [5, 5.41) is 9.21. The monoisotopic (exact) mass is 210 g/mol. The van der Waals surface area contributed by atoms with Crippen molar-refractivity contribution in [1.82, 2.24) is 0 Å². The Hall–Kier alpha value is -1.42. The molecule has 2 rings (SSSR count). The molecule has 4 heteroatoms. The smallest absolute Gasteiger partial charge is 0.316 e. The molecule has 0 bridgehead atoms. The molecule has 1 aromatic carbocycles. The fraction of sp³-hybridized carbons (Fsp3) is 0.364. The summed E-state index contributed by atoms with van der Waals surface area (Å²) in [5.74, 6) is -1.37. The van der Waals surface area contributed by atoms with Crippen molar-refractivity contribution in [3.63, 3.8) is 0 Å². The summed E-state index contributed by atoms with van der Waals surface area (Å²) in [4.78, 5) is 11.2. The van der Waals surface area contributed by atoms with Gasteiger partial charge in [-0.3, -0.25) is 4.79 Å². The molecule has 80 valence electrons. The second-order valence-corrected chi connectivity index (χ2v) is 3.70. The van der Waals surface area contributed by atoms with Crippen molar-refractivity contribution in [3.05, 3.63) is 35.6 Å². The van der Waals surface area contributed by atoms with Gasteiger partial charge in [0.25, 0.3) is 0 Å². The average Bonchev–Trinajstić information content (AvgIpc) is 2.67. The molecular weight excluding hydrogens is 199 g/mol. The quantitative estimate of drug-likeness (QED) is 0.805. The maximum absolute atomic E-state index is 13.0. The molecule has 3 nitrogen and oxygen atoms in total. The van der Waals surface area contributed by atoms with Gasteiger partial charge < -0.3 is 9.84 Å². The van der Waals surface area contributed by atoms with Crippen LogP contribution in [-0.4, -0.2) is 24.3 Å². The van der Waals surface area contributed by atoms with Crippen molar-refractivity contribution in [3.8, 4) is 0 Å². The van der Waals surface area contributed by atoms with Crippen LogP contribution in [0.4, 0.5) is 4.39 Å². The van der Waals surface area contributed by atoms with Crippen LogP contribution in [0.15, 0.2) is 24.3 Å². The maximum atomic E-state index is 13.0. The molecule has 0 amide bonds. The van der Waals surface area contributed by atoms with Crippen LogP contribution in [0.5, 0.6) is 0 Å². The number of carboxylic acid groups (broad SMARTS) is 1. The lowest BCUT2D eigenvalue weighted by atomic mass is 9.80. The minimum atomic E-state index is -1.07. The number of rotatable bonds is 2. The Kier molecular flexibility index (Phi) is 2.44. The maximum Gasteiger partial charge on any atom is 0.316 e. The SMILES string of the molecule is O=C(O)C1(c2cccc(F)c2)CCOC1. The topological polar surface area (TPSA) is 46.5 Å². The van der Waals surface area contributed by atoms with Gasteiger partial charge in [0.15, 0.2) is 0 Å². The zero-order chi connectivity index (χ0) is 10.9. The van der Waals surface area contributed by atoms with Crippen LogP contribution in [-0.2, 0) is 14.9 Å². The Balaban J connectivity index is 2.45. The minimum absolute atomic E-state index is 0.117. The van der Waals surface area contributed by atoms with E-state index >= 15 is 0 Å². The van der Waals surface area contributed by atoms with Crippen molar-refractivity contribution in [2.45, 2.75) is 11.8 Å². The molecule has 0 radical (unpaired) electrons. The van der Waals surface area contributed by atoms with Crippen LogP contribution in [0.2, 0.25) is 0 Å². The highest BCUT2D eigenvalue weighted by molar-refractivity contribution is 5.82. The van der Waals surface area contributed by atoms with E-state index in [0.717, 1.165) is 0 Å². The minimum Gasteiger partial charge on any atom is -0.481 e. The number of hydrogen-bond donors (Lipinski definition) is 1. The van der Waals surface area contributed by atoms with E-state index in [-0.39, 0.29) is 6.61 Å². The van der Waals surface area contributed by atoms with Crippen molar-refractivity contribution in [1.29, 1.82) is 0 Å². The number of carbonyl (C=O) groups is 1. The predicted molar refractivity (Wildman–Crippen MR) is 51.1 cm³/mol.